The summed E-state index contributed by atoms with van der Waals surface area (Å²) < 4.78 is 15.0. The van der Waals surface area contributed by atoms with Crippen LogP contribution in [0.25, 0.3) is 0 Å². The van der Waals surface area contributed by atoms with E-state index in [9.17, 15) is 24.2 Å². The van der Waals surface area contributed by atoms with Crippen molar-refractivity contribution in [2.75, 3.05) is 11.9 Å². The number of halogens is 2. The average molecular weight is 723 g/mol. The molecule has 0 radical (unpaired) electrons. The predicted octanol–water partition coefficient (Wildman–Crippen LogP) is 9.68. The molecule has 0 spiro atoms. The number of hydrogen-bond acceptors (Lipinski definition) is 4. The Morgan fingerprint density at radius 3 is 2.42 bits per heavy atom. The number of carbonyl (C=O) groups excluding carboxylic acids is 2. The van der Waals surface area contributed by atoms with Crippen LogP contribution in [-0.2, 0) is 19.4 Å². The number of urea groups is 1. The van der Waals surface area contributed by atoms with Gasteiger partial charge in [0.25, 0.3) is 0 Å². The smallest absolute Gasteiger partial charge is 0.322 e. The molecule has 1 saturated carbocycles. The number of rotatable bonds is 8. The highest BCUT2D eigenvalue weighted by Gasteiger charge is 2.57. The van der Waals surface area contributed by atoms with E-state index in [1.54, 1.807) is 11.0 Å². The van der Waals surface area contributed by atoms with E-state index in [-0.39, 0.29) is 41.3 Å². The SMILES string of the molecule is CC1=CCC[C@@]2(C)[C@@H](CC[C@@]2(O)CN(Cc2ccccc2)C(=O)Nc2ccccc2)c2ccc(cc2C(=O)Cc2c(F)cccc2Cl)C[C@@H](O)CC1. The van der Waals surface area contributed by atoms with Crippen molar-refractivity contribution in [3.05, 3.63) is 147 Å². The van der Waals surface area contributed by atoms with Crippen molar-refractivity contribution >= 4 is 29.1 Å². The van der Waals surface area contributed by atoms with Gasteiger partial charge >= 0.3 is 6.03 Å². The lowest BCUT2D eigenvalue weighted by Gasteiger charge is -2.46. The van der Waals surface area contributed by atoms with E-state index in [0.717, 1.165) is 23.1 Å². The molecular formula is C44H48ClFN2O4. The number of aliphatic hydroxyl groups excluding tert-OH is 1. The lowest BCUT2D eigenvalue weighted by atomic mass is 9.64. The molecule has 7 rings (SSSR count). The van der Waals surface area contributed by atoms with Crippen LogP contribution in [0.4, 0.5) is 14.9 Å². The molecule has 0 heterocycles. The first kappa shape index (κ1) is 37.5. The van der Waals surface area contributed by atoms with E-state index in [1.165, 1.54) is 17.7 Å². The second-order valence-electron chi connectivity index (χ2n) is 14.9. The fourth-order valence-electron chi connectivity index (χ4n) is 8.24. The first-order valence-electron chi connectivity index (χ1n) is 18.3. The molecule has 4 aromatic carbocycles. The standard InChI is InChI=1S/C44H48ClFN2O4/c1-30-11-10-23-43(2)38(22-24-44(43,52)29-48(28-31-12-5-3-6-13-31)42(51)47-33-14-7-4-8-15-33)35-21-19-32(25-34(49)20-18-30)26-36(35)41(50)27-37-39(45)16-9-17-40(37)46/h3-9,11-17,19,21,26,34,38,49,52H,10,18,20,22-25,27-29H2,1-2H3,(H,47,51)/t34-,38-,43-,44+/m0/s1. The van der Waals surface area contributed by atoms with Gasteiger partial charge in [0, 0.05) is 40.2 Å². The van der Waals surface area contributed by atoms with Crippen molar-refractivity contribution in [3.63, 3.8) is 0 Å². The number of anilines is 1. The fourth-order valence-corrected chi connectivity index (χ4v) is 8.47. The number of nitrogens with zero attached hydrogens (tertiary/aromatic N) is 1. The molecule has 3 aliphatic rings. The van der Waals surface area contributed by atoms with Crippen LogP contribution in [0, 0.1) is 11.2 Å². The van der Waals surface area contributed by atoms with Gasteiger partial charge < -0.3 is 20.4 Å². The second kappa shape index (κ2) is 16.2. The van der Waals surface area contributed by atoms with Crippen molar-refractivity contribution in [2.24, 2.45) is 5.41 Å². The van der Waals surface area contributed by atoms with Gasteiger partial charge in [0.1, 0.15) is 5.82 Å². The van der Waals surface area contributed by atoms with Crippen LogP contribution in [0.5, 0.6) is 0 Å². The predicted molar refractivity (Wildman–Crippen MR) is 205 cm³/mol. The largest absolute Gasteiger partial charge is 0.393 e. The summed E-state index contributed by atoms with van der Waals surface area (Å²) in [7, 11) is 0. The van der Waals surface area contributed by atoms with Crippen LogP contribution in [-0.4, -0.2) is 45.2 Å². The highest BCUT2D eigenvalue weighted by Crippen LogP contribution is 2.59. The molecule has 272 valence electrons. The van der Waals surface area contributed by atoms with Crippen molar-refractivity contribution in [3.8, 4) is 0 Å². The highest BCUT2D eigenvalue weighted by atomic mass is 35.5. The van der Waals surface area contributed by atoms with Crippen molar-refractivity contribution in [1.82, 2.24) is 4.90 Å². The molecule has 52 heavy (non-hydrogen) atoms. The van der Waals surface area contributed by atoms with Gasteiger partial charge in [-0.15, -0.1) is 0 Å². The van der Waals surface area contributed by atoms with Crippen LogP contribution in [0.1, 0.15) is 90.9 Å². The number of para-hydroxylation sites is 1. The molecule has 1 fully saturated rings. The summed E-state index contributed by atoms with van der Waals surface area (Å²) in [5.74, 6) is -1.06. The Hall–Kier alpha value is -4.30. The molecule has 2 amide bonds. The highest BCUT2D eigenvalue weighted by molar-refractivity contribution is 6.31. The lowest BCUT2D eigenvalue weighted by Crippen LogP contribution is -2.54. The van der Waals surface area contributed by atoms with E-state index in [1.807, 2.05) is 78.9 Å². The van der Waals surface area contributed by atoms with Crippen LogP contribution in [0.3, 0.4) is 0 Å². The number of fused-ring (bicyclic) bond motifs is 8. The number of hydrogen-bond donors (Lipinski definition) is 3. The molecule has 3 aliphatic carbocycles. The topological polar surface area (TPSA) is 89.9 Å². The Labute approximate surface area is 311 Å². The van der Waals surface area contributed by atoms with Crippen molar-refractivity contribution in [2.45, 2.75) is 89.4 Å². The van der Waals surface area contributed by atoms with E-state index >= 15 is 0 Å². The molecule has 0 unspecified atom stereocenters. The zero-order valence-electron chi connectivity index (χ0n) is 30.0. The van der Waals surface area contributed by atoms with E-state index < -0.39 is 22.9 Å². The number of benzene rings is 4. The van der Waals surface area contributed by atoms with Crippen LogP contribution in [0.15, 0.2) is 109 Å². The second-order valence-corrected chi connectivity index (χ2v) is 15.3. The van der Waals surface area contributed by atoms with Gasteiger partial charge in [-0.2, -0.15) is 0 Å². The monoisotopic (exact) mass is 722 g/mol. The minimum atomic E-state index is -1.32. The first-order chi connectivity index (χ1) is 25.0. The molecule has 6 nitrogen and oxygen atoms in total. The number of carbonyl (C=O) groups is 2. The molecule has 4 atom stereocenters. The Kier molecular flexibility index (Phi) is 11.6. The summed E-state index contributed by atoms with van der Waals surface area (Å²) in [6.45, 7) is 4.54. The zero-order chi connectivity index (χ0) is 36.9. The van der Waals surface area contributed by atoms with E-state index in [0.29, 0.717) is 56.3 Å². The number of nitrogens with one attached hydrogen (secondary N) is 1. The molecule has 0 aliphatic heterocycles. The molecular weight excluding hydrogens is 675 g/mol. The van der Waals surface area contributed by atoms with Crippen LogP contribution < -0.4 is 5.32 Å². The van der Waals surface area contributed by atoms with Crippen LogP contribution in [0.2, 0.25) is 5.02 Å². The third-order valence-corrected chi connectivity index (χ3v) is 11.7. The van der Waals surface area contributed by atoms with Crippen molar-refractivity contribution in [1.29, 1.82) is 0 Å². The third-order valence-electron chi connectivity index (χ3n) is 11.4. The minimum absolute atomic E-state index is 0.0780. The minimum Gasteiger partial charge on any atom is -0.393 e. The molecule has 2 bridgehead atoms. The normalized spacial score (nSPS) is 23.3. The summed E-state index contributed by atoms with van der Waals surface area (Å²) in [4.78, 5) is 30.0. The number of allylic oxidation sites excluding steroid dienone is 2. The summed E-state index contributed by atoms with van der Waals surface area (Å²) in [5, 5.41) is 27.1. The van der Waals surface area contributed by atoms with Crippen molar-refractivity contribution < 1.29 is 24.2 Å². The van der Waals surface area contributed by atoms with Gasteiger partial charge in [-0.3, -0.25) is 4.79 Å². The number of Topliss-reactive ketones (excluding diaryl/α,β-unsaturated/α-hetero) is 1. The number of amides is 2. The van der Waals surface area contributed by atoms with Gasteiger partial charge in [0.15, 0.2) is 5.78 Å². The van der Waals surface area contributed by atoms with Gasteiger partial charge in [-0.25, -0.2) is 9.18 Å². The lowest BCUT2D eigenvalue weighted by molar-refractivity contribution is -0.0773. The third kappa shape index (κ3) is 8.33. The van der Waals surface area contributed by atoms with E-state index in [2.05, 4.69) is 25.2 Å². The Bertz CT molecular complexity index is 1900. The summed E-state index contributed by atoms with van der Waals surface area (Å²) in [5.41, 5.74) is 2.91. The molecule has 0 saturated heterocycles. The van der Waals surface area contributed by atoms with E-state index in [4.69, 9.17) is 11.6 Å². The maximum absolute atomic E-state index is 15.0. The molecule has 0 aromatic heterocycles. The average Bonchev–Trinajstić information content (AvgIpc) is 3.38. The maximum atomic E-state index is 15.0. The molecule has 8 heteroatoms. The van der Waals surface area contributed by atoms with Gasteiger partial charge in [0.05, 0.1) is 18.2 Å². The number of ketones is 1. The zero-order valence-corrected chi connectivity index (χ0v) is 30.7. The molecule has 4 aromatic rings. The molecule has 3 N–H and O–H groups in total. The maximum Gasteiger partial charge on any atom is 0.322 e. The van der Waals surface area contributed by atoms with Gasteiger partial charge in [0.2, 0.25) is 0 Å². The Morgan fingerprint density at radius 2 is 1.69 bits per heavy atom. The summed E-state index contributed by atoms with van der Waals surface area (Å²) in [6, 6.07) is 28.9. The fraction of sp³-hybridized carbons (Fsp3) is 0.364. The summed E-state index contributed by atoms with van der Waals surface area (Å²) in [6.07, 6.45) is 5.35. The first-order valence-corrected chi connectivity index (χ1v) is 18.6. The Balaban J connectivity index is 1.41. The quantitative estimate of drug-likeness (QED) is 0.125. The number of aliphatic hydroxyl groups is 2. The summed E-state index contributed by atoms with van der Waals surface area (Å²) >= 11 is 6.39. The van der Waals surface area contributed by atoms with Gasteiger partial charge in [-0.1, -0.05) is 96.9 Å². The Morgan fingerprint density at radius 1 is 0.962 bits per heavy atom. The van der Waals surface area contributed by atoms with Gasteiger partial charge in [-0.05, 0) is 105 Å². The van der Waals surface area contributed by atoms with Crippen LogP contribution >= 0.6 is 11.6 Å².